The van der Waals surface area contributed by atoms with Crippen molar-refractivity contribution in [2.24, 2.45) is 0 Å². The Morgan fingerprint density at radius 3 is 1.37 bits per heavy atom. The van der Waals surface area contributed by atoms with Gasteiger partial charge in [0, 0.05) is 49.7 Å². The predicted molar refractivity (Wildman–Crippen MR) is 175 cm³/mol. The Bertz CT molecular complexity index is 1380. The Morgan fingerprint density at radius 1 is 0.651 bits per heavy atom. The van der Waals surface area contributed by atoms with Gasteiger partial charge in [0.15, 0.2) is 0 Å². The van der Waals surface area contributed by atoms with E-state index in [0.717, 1.165) is 32.0 Å². The summed E-state index contributed by atoms with van der Waals surface area (Å²) >= 11 is 0. The molecule has 0 saturated carbocycles. The molecule has 218 valence electrons. The van der Waals surface area contributed by atoms with Crippen molar-refractivity contribution in [2.45, 2.75) is 0 Å². The number of aromatic nitrogens is 1. The first-order valence-electron chi connectivity index (χ1n) is 14.7. The summed E-state index contributed by atoms with van der Waals surface area (Å²) in [5.74, 6) is 0. The number of carbonyl (C=O) groups is 1. The van der Waals surface area contributed by atoms with Crippen molar-refractivity contribution in [2.75, 3.05) is 45.3 Å². The molecule has 0 radical (unpaired) electrons. The predicted octanol–water partition coefficient (Wildman–Crippen LogP) is 2.98. The van der Waals surface area contributed by atoms with E-state index in [0.29, 0.717) is 0 Å². The molecule has 6 rings (SSSR count). The van der Waals surface area contributed by atoms with E-state index in [9.17, 15) is 4.79 Å². The van der Waals surface area contributed by atoms with Crippen LogP contribution in [0, 0.1) is 0 Å². The maximum atomic E-state index is 11.4. The van der Waals surface area contributed by atoms with Crippen LogP contribution in [-0.2, 0) is 4.74 Å². The second kappa shape index (κ2) is 14.3. The van der Waals surface area contributed by atoms with Gasteiger partial charge in [-0.25, -0.2) is 4.79 Å². The molecule has 1 saturated heterocycles. The highest BCUT2D eigenvalue weighted by molar-refractivity contribution is 7.19. The third kappa shape index (κ3) is 6.96. The van der Waals surface area contributed by atoms with Crippen LogP contribution in [0.2, 0.25) is 0 Å². The van der Waals surface area contributed by atoms with Gasteiger partial charge in [0.2, 0.25) is 12.4 Å². The Morgan fingerprint density at radius 2 is 1.02 bits per heavy atom. The van der Waals surface area contributed by atoms with Gasteiger partial charge in [0.1, 0.15) is 6.15 Å². The summed E-state index contributed by atoms with van der Waals surface area (Å²) in [4.78, 5) is 20.0. The van der Waals surface area contributed by atoms with E-state index in [4.69, 9.17) is 9.57 Å². The molecule has 0 bridgehead atoms. The Hall–Kier alpha value is -4.88. The summed E-state index contributed by atoms with van der Waals surface area (Å²) in [6.45, 7) is 3.29. The molecule has 5 aromatic rings. The normalized spacial score (nSPS) is 12.9. The number of hydrogen-bond acceptors (Lipinski definition) is 4. The molecule has 2 heterocycles. The Kier molecular flexibility index (Phi) is 9.88. The van der Waals surface area contributed by atoms with E-state index in [1.807, 2.05) is 12.1 Å². The van der Waals surface area contributed by atoms with Crippen molar-refractivity contribution in [3.05, 3.63) is 146 Å². The number of hydrogen-bond donors (Lipinski definition) is 0. The van der Waals surface area contributed by atoms with Gasteiger partial charge >= 0.3 is 6.09 Å². The van der Waals surface area contributed by atoms with Gasteiger partial charge in [-0.15, -0.1) is 0 Å². The number of pyridine rings is 1. The maximum absolute atomic E-state index is 11.4. The SMILES string of the molecule is CN(C)C(=O)O[n+]1ccc(N2CCOCC2)cc1.c1ccc([B-](c2ccccc2)(c2ccccc2)c2ccccc2)cc1. The molecular weight excluding hydrogens is 533 g/mol. The van der Waals surface area contributed by atoms with Gasteiger partial charge in [-0.3, -0.25) is 0 Å². The van der Waals surface area contributed by atoms with Crippen LogP contribution in [0.4, 0.5) is 10.5 Å². The minimum Gasteiger partial charge on any atom is -0.378 e. The lowest BCUT2D eigenvalue weighted by atomic mass is 9.13. The van der Waals surface area contributed by atoms with Crippen LogP contribution in [0.15, 0.2) is 146 Å². The number of amides is 1. The van der Waals surface area contributed by atoms with Crippen LogP contribution >= 0.6 is 0 Å². The fourth-order valence-electron chi connectivity index (χ4n) is 5.79. The summed E-state index contributed by atoms with van der Waals surface area (Å²) in [6.07, 6.45) is 1.84. The van der Waals surface area contributed by atoms with Crippen LogP contribution in [0.5, 0.6) is 0 Å². The van der Waals surface area contributed by atoms with Crippen molar-refractivity contribution in [1.82, 2.24) is 4.90 Å². The number of rotatable bonds is 6. The third-order valence-electron chi connectivity index (χ3n) is 7.91. The highest BCUT2D eigenvalue weighted by Crippen LogP contribution is 2.13. The van der Waals surface area contributed by atoms with E-state index in [2.05, 4.69) is 126 Å². The molecule has 1 fully saturated rings. The smallest absolute Gasteiger partial charge is 0.378 e. The lowest BCUT2D eigenvalue weighted by Crippen LogP contribution is -2.74. The molecule has 6 nitrogen and oxygen atoms in total. The van der Waals surface area contributed by atoms with E-state index < -0.39 is 12.2 Å². The summed E-state index contributed by atoms with van der Waals surface area (Å²) in [6, 6.07) is 47.4. The van der Waals surface area contributed by atoms with E-state index >= 15 is 0 Å². The molecule has 0 spiro atoms. The topological polar surface area (TPSA) is 45.9 Å². The highest BCUT2D eigenvalue weighted by Gasteiger charge is 2.31. The van der Waals surface area contributed by atoms with Gasteiger partial charge in [0.05, 0.1) is 13.2 Å². The molecule has 43 heavy (non-hydrogen) atoms. The van der Waals surface area contributed by atoms with Crippen molar-refractivity contribution in [3.8, 4) is 0 Å². The highest BCUT2D eigenvalue weighted by atomic mass is 16.7. The van der Waals surface area contributed by atoms with E-state index in [1.54, 1.807) is 26.5 Å². The van der Waals surface area contributed by atoms with Crippen LogP contribution in [0.3, 0.4) is 0 Å². The number of morpholine rings is 1. The van der Waals surface area contributed by atoms with Gasteiger partial charge < -0.3 is 14.5 Å². The summed E-state index contributed by atoms with van der Waals surface area (Å²) in [7, 11) is 3.29. The third-order valence-corrected chi connectivity index (χ3v) is 7.91. The van der Waals surface area contributed by atoms with Crippen LogP contribution in [0.1, 0.15) is 0 Å². The van der Waals surface area contributed by atoms with Gasteiger partial charge in [-0.1, -0.05) is 121 Å². The molecule has 1 aliphatic heterocycles. The molecule has 0 aliphatic carbocycles. The quantitative estimate of drug-likeness (QED) is 0.232. The number of benzene rings is 4. The minimum absolute atomic E-state index is 0.404. The molecule has 0 unspecified atom stereocenters. The lowest BCUT2D eigenvalue weighted by molar-refractivity contribution is -0.869. The van der Waals surface area contributed by atoms with E-state index in [-0.39, 0.29) is 0 Å². The van der Waals surface area contributed by atoms with Gasteiger partial charge in [0.25, 0.3) is 0 Å². The Balaban J connectivity index is 0.000000181. The monoisotopic (exact) mass is 571 g/mol. The zero-order valence-corrected chi connectivity index (χ0v) is 24.8. The fourth-order valence-corrected chi connectivity index (χ4v) is 5.79. The summed E-state index contributed by atoms with van der Waals surface area (Å²) < 4.78 is 6.70. The number of carbonyl (C=O) groups excluding carboxylic acids is 1. The molecule has 0 atom stereocenters. The average Bonchev–Trinajstić information content (AvgIpc) is 3.08. The first-order chi connectivity index (χ1) is 21.1. The molecule has 1 aromatic heterocycles. The van der Waals surface area contributed by atoms with E-state index in [1.165, 1.54) is 31.5 Å². The van der Waals surface area contributed by atoms with Crippen molar-refractivity contribution >= 4 is 39.8 Å². The largest absolute Gasteiger partial charge is 0.477 e. The van der Waals surface area contributed by atoms with Gasteiger partial charge in [-0.05, 0) is 0 Å². The van der Waals surface area contributed by atoms with Gasteiger partial charge in [-0.2, -0.15) is 26.7 Å². The zero-order valence-electron chi connectivity index (χ0n) is 24.8. The number of nitrogens with zero attached hydrogens (tertiary/aromatic N) is 3. The first kappa shape index (κ1) is 29.6. The standard InChI is InChI=1S/C24H20B.C12H18N3O3/c1-5-13-21(14-6-1)25(22-15-7-2-8-16-22,23-17-9-3-10-18-23)24-19-11-4-12-20-24;1-13(2)12(16)18-15-5-3-11(4-6-15)14-7-9-17-10-8-14/h1-20H;3-6H,7-10H2,1-2H3/q-1;+1. The maximum Gasteiger partial charge on any atom is 0.477 e. The molecule has 4 aromatic carbocycles. The number of ether oxygens (including phenoxy) is 1. The molecule has 0 N–H and O–H groups in total. The second-order valence-corrected chi connectivity index (χ2v) is 10.8. The van der Waals surface area contributed by atoms with Crippen LogP contribution in [0.25, 0.3) is 0 Å². The first-order valence-corrected chi connectivity index (χ1v) is 14.7. The minimum atomic E-state index is -1.22. The fraction of sp³-hybridized carbons (Fsp3) is 0.167. The average molecular weight is 572 g/mol. The summed E-state index contributed by atoms with van der Waals surface area (Å²) in [5.41, 5.74) is 6.46. The molecule has 7 heteroatoms. The molecular formula is C36H38BN3O3. The second-order valence-electron chi connectivity index (χ2n) is 10.8. The van der Waals surface area contributed by atoms with Crippen molar-refractivity contribution in [1.29, 1.82) is 0 Å². The van der Waals surface area contributed by atoms with Crippen LogP contribution < -0.4 is 36.3 Å². The number of anilines is 1. The molecule has 1 amide bonds. The molecule has 1 aliphatic rings. The summed E-state index contributed by atoms with van der Waals surface area (Å²) in [5, 5.41) is 0. The van der Waals surface area contributed by atoms with Crippen molar-refractivity contribution in [3.63, 3.8) is 0 Å². The zero-order chi connectivity index (χ0) is 29.9. The van der Waals surface area contributed by atoms with Crippen molar-refractivity contribution < 1.29 is 19.1 Å². The van der Waals surface area contributed by atoms with Crippen LogP contribution in [-0.4, -0.2) is 57.5 Å². The Labute approximate surface area is 254 Å². The lowest BCUT2D eigenvalue weighted by Gasteiger charge is -2.44.